The molecule has 0 bridgehead atoms. The Morgan fingerprint density at radius 1 is 0.872 bits per heavy atom. The van der Waals surface area contributed by atoms with Gasteiger partial charge in [-0.25, -0.2) is 4.79 Å². The number of guanidine groups is 1. The van der Waals surface area contributed by atoms with E-state index in [1.165, 1.54) is 0 Å². The van der Waals surface area contributed by atoms with E-state index in [4.69, 9.17) is 17.2 Å². The van der Waals surface area contributed by atoms with Crippen LogP contribution < -0.4 is 33.2 Å². The lowest BCUT2D eigenvalue weighted by Gasteiger charge is -2.25. The van der Waals surface area contributed by atoms with Crippen LogP contribution in [0.4, 0.5) is 0 Å². The minimum absolute atomic E-state index is 0.0385. The summed E-state index contributed by atoms with van der Waals surface area (Å²) in [5.74, 6) is -5.23. The van der Waals surface area contributed by atoms with Gasteiger partial charge in [-0.2, -0.15) is 0 Å². The van der Waals surface area contributed by atoms with Crippen molar-refractivity contribution in [2.75, 3.05) is 6.54 Å². The summed E-state index contributed by atoms with van der Waals surface area (Å²) in [7, 11) is 0. The molecule has 0 heterocycles. The van der Waals surface area contributed by atoms with Crippen molar-refractivity contribution in [2.45, 2.75) is 70.1 Å². The predicted molar refractivity (Wildman–Crippen MR) is 143 cm³/mol. The van der Waals surface area contributed by atoms with Crippen molar-refractivity contribution in [1.29, 1.82) is 0 Å². The number of hydrogen-bond acceptors (Lipinski definition) is 7. The number of carbonyl (C=O) groups excluding carboxylic acids is 3. The largest absolute Gasteiger partial charge is 0.481 e. The number of nitrogens with zero attached hydrogens (tertiary/aromatic N) is 1. The highest BCUT2D eigenvalue weighted by atomic mass is 16.4. The van der Waals surface area contributed by atoms with E-state index in [1.54, 1.807) is 30.3 Å². The number of carboxylic acids is 2. The molecule has 0 aromatic heterocycles. The highest BCUT2D eigenvalue weighted by Gasteiger charge is 2.31. The predicted octanol–water partition coefficient (Wildman–Crippen LogP) is -1.33. The number of nitrogens with one attached hydrogen (secondary N) is 3. The van der Waals surface area contributed by atoms with Gasteiger partial charge in [0.25, 0.3) is 0 Å². The van der Waals surface area contributed by atoms with Gasteiger partial charge in [-0.1, -0.05) is 44.2 Å². The van der Waals surface area contributed by atoms with Crippen LogP contribution >= 0.6 is 0 Å². The third-order valence-corrected chi connectivity index (χ3v) is 5.55. The molecule has 0 aliphatic rings. The molecule has 4 atom stereocenters. The van der Waals surface area contributed by atoms with Crippen molar-refractivity contribution in [3.8, 4) is 0 Å². The summed E-state index contributed by atoms with van der Waals surface area (Å²) in [4.78, 5) is 65.6. The first-order valence-electron chi connectivity index (χ1n) is 12.5. The zero-order valence-corrected chi connectivity index (χ0v) is 22.1. The van der Waals surface area contributed by atoms with Crippen molar-refractivity contribution in [1.82, 2.24) is 16.0 Å². The fraction of sp³-hybridized carbons (Fsp3) is 0.520. The number of aliphatic imine (C=N–C) groups is 1. The van der Waals surface area contributed by atoms with Gasteiger partial charge in [-0.3, -0.25) is 24.2 Å². The van der Waals surface area contributed by atoms with E-state index in [1.807, 2.05) is 13.8 Å². The molecule has 1 aromatic rings. The van der Waals surface area contributed by atoms with Gasteiger partial charge in [-0.05, 0) is 30.7 Å². The third kappa shape index (κ3) is 13.2. The van der Waals surface area contributed by atoms with Crippen LogP contribution in [0.5, 0.6) is 0 Å². The zero-order chi connectivity index (χ0) is 29.5. The van der Waals surface area contributed by atoms with Gasteiger partial charge in [-0.15, -0.1) is 0 Å². The third-order valence-electron chi connectivity index (χ3n) is 5.55. The molecule has 0 aliphatic heterocycles. The Kier molecular flexibility index (Phi) is 14.0. The van der Waals surface area contributed by atoms with Gasteiger partial charge in [0.1, 0.15) is 18.1 Å². The summed E-state index contributed by atoms with van der Waals surface area (Å²) in [5.41, 5.74) is 17.1. The van der Waals surface area contributed by atoms with Crippen LogP contribution in [-0.2, 0) is 30.4 Å². The molecule has 0 aliphatic carbocycles. The van der Waals surface area contributed by atoms with Gasteiger partial charge < -0.3 is 43.4 Å². The van der Waals surface area contributed by atoms with E-state index in [0.29, 0.717) is 12.0 Å². The first-order chi connectivity index (χ1) is 18.3. The molecule has 0 saturated carbocycles. The molecule has 216 valence electrons. The number of benzene rings is 1. The summed E-state index contributed by atoms with van der Waals surface area (Å²) in [6.07, 6.45) is -0.248. The molecule has 3 amide bonds. The lowest BCUT2D eigenvalue weighted by atomic mass is 10.0. The molecule has 0 fully saturated rings. The van der Waals surface area contributed by atoms with E-state index < -0.39 is 60.2 Å². The number of rotatable bonds is 17. The van der Waals surface area contributed by atoms with Crippen molar-refractivity contribution in [3.63, 3.8) is 0 Å². The Balaban J connectivity index is 3.06. The normalized spacial score (nSPS) is 13.8. The van der Waals surface area contributed by atoms with Crippen LogP contribution in [0.25, 0.3) is 0 Å². The minimum atomic E-state index is -1.62. The topological polar surface area (TPSA) is 252 Å². The maximum atomic E-state index is 13.2. The summed E-state index contributed by atoms with van der Waals surface area (Å²) in [6, 6.07) is 3.68. The summed E-state index contributed by atoms with van der Waals surface area (Å²) in [5, 5.41) is 26.0. The molecule has 0 saturated heterocycles. The van der Waals surface area contributed by atoms with E-state index in [9.17, 15) is 34.2 Å². The average Bonchev–Trinajstić information content (AvgIpc) is 2.84. The van der Waals surface area contributed by atoms with E-state index in [2.05, 4.69) is 20.9 Å². The molecule has 1 aromatic carbocycles. The van der Waals surface area contributed by atoms with E-state index >= 15 is 0 Å². The number of carbonyl (C=O) groups is 5. The molecular weight excluding hydrogens is 510 g/mol. The first kappa shape index (κ1) is 32.8. The zero-order valence-electron chi connectivity index (χ0n) is 22.1. The van der Waals surface area contributed by atoms with Crippen LogP contribution in [0.1, 0.15) is 45.1 Å². The van der Waals surface area contributed by atoms with E-state index in [-0.39, 0.29) is 37.7 Å². The Morgan fingerprint density at radius 3 is 1.97 bits per heavy atom. The first-order valence-corrected chi connectivity index (χ1v) is 12.5. The second-order valence-corrected chi connectivity index (χ2v) is 9.49. The van der Waals surface area contributed by atoms with Crippen molar-refractivity contribution in [3.05, 3.63) is 35.9 Å². The van der Waals surface area contributed by atoms with Crippen molar-refractivity contribution < 1.29 is 34.2 Å². The van der Waals surface area contributed by atoms with Crippen molar-refractivity contribution in [2.24, 2.45) is 28.1 Å². The minimum Gasteiger partial charge on any atom is -0.481 e. The molecule has 4 unspecified atom stereocenters. The Bertz CT molecular complexity index is 1010. The smallest absolute Gasteiger partial charge is 0.326 e. The number of aliphatic carboxylic acids is 2. The maximum Gasteiger partial charge on any atom is 0.326 e. The van der Waals surface area contributed by atoms with Crippen molar-refractivity contribution >= 4 is 35.6 Å². The monoisotopic (exact) mass is 549 g/mol. The summed E-state index contributed by atoms with van der Waals surface area (Å²) >= 11 is 0. The molecule has 1 rings (SSSR count). The Labute approximate surface area is 226 Å². The van der Waals surface area contributed by atoms with Crippen LogP contribution in [-0.4, -0.2) is 76.5 Å². The molecule has 39 heavy (non-hydrogen) atoms. The Hall–Kier alpha value is -4.20. The highest BCUT2D eigenvalue weighted by molar-refractivity contribution is 5.95. The second kappa shape index (κ2) is 16.6. The lowest BCUT2D eigenvalue weighted by Crippen LogP contribution is -2.58. The molecule has 14 heteroatoms. The standard InChI is InChI=1S/C25H39N7O7/c1-14(2)11-16(26)21(35)31-18(12-15-7-4-3-5-8-15)22(36)32-19(13-20(33)34)23(37)30-17(24(38)39)9-6-10-29-25(27)28/h3-5,7-8,14,16-19H,6,9-13,26H2,1-2H3,(H,30,37)(H,31,35)(H,32,36)(H,33,34)(H,38,39)(H4,27,28,29). The number of carboxylic acid groups (broad SMARTS) is 2. The Morgan fingerprint density at radius 2 is 1.44 bits per heavy atom. The number of amides is 3. The fourth-order valence-electron chi connectivity index (χ4n) is 3.64. The van der Waals surface area contributed by atoms with Crippen LogP contribution in [0.3, 0.4) is 0 Å². The molecule has 0 spiro atoms. The van der Waals surface area contributed by atoms with Gasteiger partial charge in [0.15, 0.2) is 5.96 Å². The second-order valence-electron chi connectivity index (χ2n) is 9.49. The van der Waals surface area contributed by atoms with Gasteiger partial charge >= 0.3 is 11.9 Å². The number of hydrogen-bond donors (Lipinski definition) is 8. The van der Waals surface area contributed by atoms with Gasteiger partial charge in [0.05, 0.1) is 12.5 Å². The van der Waals surface area contributed by atoms with Gasteiger partial charge in [0, 0.05) is 13.0 Å². The van der Waals surface area contributed by atoms with Crippen LogP contribution in [0.2, 0.25) is 0 Å². The molecule has 11 N–H and O–H groups in total. The average molecular weight is 550 g/mol. The quantitative estimate of drug-likeness (QED) is 0.0645. The highest BCUT2D eigenvalue weighted by Crippen LogP contribution is 2.08. The molecule has 0 radical (unpaired) electrons. The van der Waals surface area contributed by atoms with Gasteiger partial charge in [0.2, 0.25) is 17.7 Å². The fourth-order valence-corrected chi connectivity index (χ4v) is 3.64. The lowest BCUT2D eigenvalue weighted by molar-refractivity contribution is -0.143. The number of nitrogens with two attached hydrogens (primary N) is 3. The SMILES string of the molecule is CC(C)CC(N)C(=O)NC(Cc1ccccc1)C(=O)NC(CC(=O)O)C(=O)NC(CCCN=C(N)N)C(=O)O. The van der Waals surface area contributed by atoms with Crippen LogP contribution in [0.15, 0.2) is 35.3 Å². The summed E-state index contributed by atoms with van der Waals surface area (Å²) in [6.45, 7) is 3.90. The molecule has 14 nitrogen and oxygen atoms in total. The van der Waals surface area contributed by atoms with Crippen LogP contribution in [0, 0.1) is 5.92 Å². The van der Waals surface area contributed by atoms with E-state index in [0.717, 1.165) is 0 Å². The summed E-state index contributed by atoms with van der Waals surface area (Å²) < 4.78 is 0. The maximum absolute atomic E-state index is 13.2. The molecular formula is C25H39N7O7.